The number of aromatic nitrogens is 2. The summed E-state index contributed by atoms with van der Waals surface area (Å²) in [5, 5.41) is 3.12. The highest BCUT2D eigenvalue weighted by Gasteiger charge is 2.05. The summed E-state index contributed by atoms with van der Waals surface area (Å²) in [6.07, 6.45) is 0. The molecule has 0 spiro atoms. The van der Waals surface area contributed by atoms with Crippen LogP contribution in [0.2, 0.25) is 0 Å². The van der Waals surface area contributed by atoms with Gasteiger partial charge in [-0.25, -0.2) is 0 Å². The molecule has 0 fully saturated rings. The number of benzene rings is 1. The minimum Gasteiger partial charge on any atom is -0.295 e. The molecule has 5 heteroatoms. The van der Waals surface area contributed by atoms with E-state index in [-0.39, 0.29) is 10.7 Å². The first-order valence-electron chi connectivity index (χ1n) is 5.65. The molecule has 0 bridgehead atoms. The molecule has 1 aromatic heterocycles. The van der Waals surface area contributed by atoms with Crippen LogP contribution < -0.4 is 5.56 Å². The molecule has 0 saturated heterocycles. The third-order valence-electron chi connectivity index (χ3n) is 2.49. The van der Waals surface area contributed by atoms with Gasteiger partial charge in [-0.1, -0.05) is 42.1 Å². The van der Waals surface area contributed by atoms with Crippen LogP contribution in [0.25, 0.3) is 11.3 Å². The second-order valence-electron chi connectivity index (χ2n) is 3.87. The van der Waals surface area contributed by atoms with Crippen molar-refractivity contribution in [1.29, 1.82) is 0 Å². The first-order valence-corrected chi connectivity index (χ1v) is 6.64. The highest BCUT2D eigenvalue weighted by Crippen LogP contribution is 2.14. The summed E-state index contributed by atoms with van der Waals surface area (Å²) < 4.78 is 1.53. The molecule has 94 valence electrons. The Balaban J connectivity index is 2.13. The van der Waals surface area contributed by atoms with E-state index in [4.69, 9.17) is 0 Å². The van der Waals surface area contributed by atoms with Gasteiger partial charge in [0.1, 0.15) is 0 Å². The lowest BCUT2D eigenvalue weighted by atomic mass is 10.2. The Labute approximate surface area is 109 Å². The molecule has 1 aromatic carbocycles. The number of carbonyl (C=O) groups excluding carboxylic acids is 1. The predicted octanol–water partition coefficient (Wildman–Crippen LogP) is 2.12. The molecule has 2 aromatic rings. The Kier molecular flexibility index (Phi) is 4.04. The largest absolute Gasteiger partial charge is 0.295 e. The standard InChI is InChI=1S/C13H14N2O2S/c1-10(16)18-8-7-15-13(17)9-12(14-15)11-5-3-2-4-6-11/h2-6,9,14H,7-8H2,1H3. The van der Waals surface area contributed by atoms with Crippen molar-refractivity contribution in [1.82, 2.24) is 9.78 Å². The number of hydrogen-bond acceptors (Lipinski definition) is 3. The lowest BCUT2D eigenvalue weighted by Gasteiger charge is -2.01. The quantitative estimate of drug-likeness (QED) is 0.918. The summed E-state index contributed by atoms with van der Waals surface area (Å²) in [5.74, 6) is 0.601. The van der Waals surface area contributed by atoms with Crippen molar-refractivity contribution in [3.63, 3.8) is 0 Å². The predicted molar refractivity (Wildman–Crippen MR) is 73.6 cm³/mol. The van der Waals surface area contributed by atoms with Crippen molar-refractivity contribution >= 4 is 16.9 Å². The van der Waals surface area contributed by atoms with Gasteiger partial charge in [0.25, 0.3) is 5.56 Å². The third-order valence-corrected chi connectivity index (χ3v) is 3.29. The van der Waals surface area contributed by atoms with Gasteiger partial charge in [0.2, 0.25) is 0 Å². The van der Waals surface area contributed by atoms with Crippen LogP contribution in [0.1, 0.15) is 6.92 Å². The van der Waals surface area contributed by atoms with Crippen LogP contribution in [-0.4, -0.2) is 20.6 Å². The molecule has 2 rings (SSSR count). The van der Waals surface area contributed by atoms with E-state index < -0.39 is 0 Å². The number of carbonyl (C=O) groups is 1. The van der Waals surface area contributed by atoms with Gasteiger partial charge in [0, 0.05) is 18.7 Å². The van der Waals surface area contributed by atoms with E-state index >= 15 is 0 Å². The molecule has 0 aliphatic carbocycles. The Morgan fingerprint density at radius 1 is 1.33 bits per heavy atom. The molecule has 0 unspecified atom stereocenters. The SMILES string of the molecule is CC(=O)SCCn1[nH]c(-c2ccccc2)cc1=O. The average Bonchev–Trinajstić information content (AvgIpc) is 2.72. The monoisotopic (exact) mass is 262 g/mol. The number of nitrogens with one attached hydrogen (secondary N) is 1. The maximum Gasteiger partial charge on any atom is 0.267 e. The molecule has 4 nitrogen and oxygen atoms in total. The topological polar surface area (TPSA) is 54.9 Å². The Bertz CT molecular complexity index is 587. The summed E-state index contributed by atoms with van der Waals surface area (Å²) in [4.78, 5) is 22.5. The zero-order valence-electron chi connectivity index (χ0n) is 10.1. The number of thioether (sulfide) groups is 1. The van der Waals surface area contributed by atoms with E-state index in [9.17, 15) is 9.59 Å². The van der Waals surface area contributed by atoms with E-state index in [0.717, 1.165) is 11.3 Å². The first kappa shape index (κ1) is 12.7. The molecular formula is C13H14N2O2S. The number of aromatic amines is 1. The number of hydrogen-bond donors (Lipinski definition) is 1. The van der Waals surface area contributed by atoms with Gasteiger partial charge in [-0.2, -0.15) is 0 Å². The molecular weight excluding hydrogens is 248 g/mol. The number of aryl methyl sites for hydroxylation is 1. The Morgan fingerprint density at radius 3 is 2.72 bits per heavy atom. The fourth-order valence-corrected chi connectivity index (χ4v) is 2.21. The summed E-state index contributed by atoms with van der Waals surface area (Å²) in [5.41, 5.74) is 1.71. The van der Waals surface area contributed by atoms with Crippen LogP contribution >= 0.6 is 11.8 Å². The van der Waals surface area contributed by atoms with E-state index in [1.165, 1.54) is 23.4 Å². The number of rotatable bonds is 4. The highest BCUT2D eigenvalue weighted by molar-refractivity contribution is 8.13. The first-order chi connectivity index (χ1) is 8.66. The molecule has 0 aliphatic heterocycles. The molecule has 1 heterocycles. The lowest BCUT2D eigenvalue weighted by molar-refractivity contribution is -0.109. The molecule has 0 radical (unpaired) electrons. The van der Waals surface area contributed by atoms with Crippen LogP contribution in [0.5, 0.6) is 0 Å². The van der Waals surface area contributed by atoms with Crippen molar-refractivity contribution in [2.24, 2.45) is 0 Å². The van der Waals surface area contributed by atoms with Gasteiger partial charge < -0.3 is 0 Å². The van der Waals surface area contributed by atoms with Crippen LogP contribution in [0.3, 0.4) is 0 Å². The molecule has 1 N–H and O–H groups in total. The van der Waals surface area contributed by atoms with Crippen molar-refractivity contribution in [3.05, 3.63) is 46.8 Å². The van der Waals surface area contributed by atoms with Gasteiger partial charge in [0.05, 0.1) is 12.2 Å². The van der Waals surface area contributed by atoms with E-state index in [1.54, 1.807) is 6.07 Å². The zero-order valence-corrected chi connectivity index (χ0v) is 10.9. The minimum absolute atomic E-state index is 0.0675. The van der Waals surface area contributed by atoms with Crippen LogP contribution in [0, 0.1) is 0 Å². The van der Waals surface area contributed by atoms with Gasteiger partial charge in [-0.15, -0.1) is 0 Å². The lowest BCUT2D eigenvalue weighted by Crippen LogP contribution is -2.17. The van der Waals surface area contributed by atoms with E-state index in [1.807, 2.05) is 30.3 Å². The summed E-state index contributed by atoms with van der Waals surface area (Å²) in [6.45, 7) is 2.04. The molecule has 0 saturated carbocycles. The van der Waals surface area contributed by atoms with Crippen molar-refractivity contribution in [2.45, 2.75) is 13.5 Å². The normalized spacial score (nSPS) is 10.5. The molecule has 0 aliphatic rings. The number of nitrogens with zero attached hydrogens (tertiary/aromatic N) is 1. The number of H-pyrrole nitrogens is 1. The van der Waals surface area contributed by atoms with Gasteiger partial charge in [-0.05, 0) is 5.56 Å². The summed E-state index contributed by atoms with van der Waals surface area (Å²) in [7, 11) is 0. The van der Waals surface area contributed by atoms with E-state index in [0.29, 0.717) is 12.3 Å². The Morgan fingerprint density at radius 2 is 2.06 bits per heavy atom. The molecule has 18 heavy (non-hydrogen) atoms. The summed E-state index contributed by atoms with van der Waals surface area (Å²) >= 11 is 1.22. The third kappa shape index (κ3) is 3.13. The maximum absolute atomic E-state index is 11.7. The Hall–Kier alpha value is -1.75. The van der Waals surface area contributed by atoms with Crippen LogP contribution in [-0.2, 0) is 11.3 Å². The zero-order chi connectivity index (χ0) is 13.0. The van der Waals surface area contributed by atoms with Gasteiger partial charge >= 0.3 is 0 Å². The van der Waals surface area contributed by atoms with Gasteiger partial charge in [0.15, 0.2) is 5.12 Å². The molecule has 0 amide bonds. The second-order valence-corrected chi connectivity index (χ2v) is 5.14. The van der Waals surface area contributed by atoms with E-state index in [2.05, 4.69) is 5.10 Å². The fraction of sp³-hybridized carbons (Fsp3) is 0.231. The minimum atomic E-state index is -0.0713. The smallest absolute Gasteiger partial charge is 0.267 e. The van der Waals surface area contributed by atoms with Crippen molar-refractivity contribution in [2.75, 3.05) is 5.75 Å². The van der Waals surface area contributed by atoms with Crippen molar-refractivity contribution in [3.8, 4) is 11.3 Å². The maximum atomic E-state index is 11.7. The highest BCUT2D eigenvalue weighted by atomic mass is 32.2. The van der Waals surface area contributed by atoms with Crippen LogP contribution in [0.4, 0.5) is 0 Å². The van der Waals surface area contributed by atoms with Crippen molar-refractivity contribution < 1.29 is 4.79 Å². The fourth-order valence-electron chi connectivity index (χ4n) is 1.65. The van der Waals surface area contributed by atoms with Crippen LogP contribution in [0.15, 0.2) is 41.2 Å². The summed E-state index contributed by atoms with van der Waals surface area (Å²) in [6, 6.07) is 11.3. The van der Waals surface area contributed by atoms with Gasteiger partial charge in [-0.3, -0.25) is 19.4 Å². The average molecular weight is 262 g/mol. The second kappa shape index (κ2) is 5.73. The molecule has 0 atom stereocenters.